The summed E-state index contributed by atoms with van der Waals surface area (Å²) in [4.78, 5) is 25.1. The Hall–Kier alpha value is -3.07. The summed E-state index contributed by atoms with van der Waals surface area (Å²) in [5, 5.41) is 18.4. The van der Waals surface area contributed by atoms with E-state index < -0.39 is 4.92 Å². The highest BCUT2D eigenvalue weighted by Gasteiger charge is 2.17. The first-order valence-electron chi connectivity index (χ1n) is 8.73. The Morgan fingerprint density at radius 3 is 2.57 bits per heavy atom. The number of nitrogens with one attached hydrogen (secondary N) is 2. The molecule has 1 aromatic carbocycles. The third kappa shape index (κ3) is 4.61. The van der Waals surface area contributed by atoms with Crippen LogP contribution in [-0.2, 0) is 0 Å². The summed E-state index contributed by atoms with van der Waals surface area (Å²) in [6.45, 7) is 9.89. The lowest BCUT2D eigenvalue weighted by atomic mass is 10.1. The van der Waals surface area contributed by atoms with Crippen LogP contribution in [0.4, 0.5) is 22.5 Å². The van der Waals surface area contributed by atoms with Crippen molar-refractivity contribution >= 4 is 33.8 Å². The fraction of sp³-hybridized carbons (Fsp3) is 0.316. The molecule has 8 nitrogen and oxygen atoms in total. The summed E-state index contributed by atoms with van der Waals surface area (Å²) < 4.78 is 0. The van der Waals surface area contributed by atoms with Crippen molar-refractivity contribution < 1.29 is 4.92 Å². The zero-order chi connectivity index (χ0) is 20.5. The zero-order valence-corrected chi connectivity index (χ0v) is 17.2. The molecule has 3 aromatic rings. The van der Waals surface area contributed by atoms with Gasteiger partial charge in [-0.25, -0.2) is 15.0 Å². The second-order valence-electron chi connectivity index (χ2n) is 7.46. The molecular formula is C19H22N6O2S. The van der Waals surface area contributed by atoms with E-state index in [0.29, 0.717) is 17.2 Å². The number of hydrogen-bond acceptors (Lipinski definition) is 8. The highest BCUT2D eigenvalue weighted by molar-refractivity contribution is 7.19. The normalized spacial score (nSPS) is 11.3. The van der Waals surface area contributed by atoms with Gasteiger partial charge in [0.1, 0.15) is 0 Å². The highest BCUT2D eigenvalue weighted by atomic mass is 32.1. The van der Waals surface area contributed by atoms with Crippen LogP contribution >= 0.6 is 11.3 Å². The Bertz CT molecular complexity index is 1030. The van der Waals surface area contributed by atoms with Gasteiger partial charge in [0.25, 0.3) is 5.69 Å². The fourth-order valence-electron chi connectivity index (χ4n) is 2.57. The van der Waals surface area contributed by atoms with E-state index in [-0.39, 0.29) is 11.2 Å². The molecule has 146 valence electrons. The predicted molar refractivity (Wildman–Crippen MR) is 112 cm³/mol. The number of anilines is 3. The Balaban J connectivity index is 1.87. The van der Waals surface area contributed by atoms with Crippen LogP contribution in [0.25, 0.3) is 10.6 Å². The van der Waals surface area contributed by atoms with Crippen molar-refractivity contribution in [2.24, 2.45) is 0 Å². The number of benzene rings is 1. The minimum absolute atomic E-state index is 0.0531. The van der Waals surface area contributed by atoms with Crippen molar-refractivity contribution in [1.82, 2.24) is 15.0 Å². The van der Waals surface area contributed by atoms with E-state index in [2.05, 4.69) is 46.4 Å². The molecule has 0 unspecified atom stereocenters. The summed E-state index contributed by atoms with van der Waals surface area (Å²) in [5.74, 6) is 0.369. The maximum Gasteiger partial charge on any atom is 0.274 e. The first-order chi connectivity index (χ1) is 13.1. The molecular weight excluding hydrogens is 376 g/mol. The number of thiazole rings is 1. The van der Waals surface area contributed by atoms with E-state index >= 15 is 0 Å². The van der Waals surface area contributed by atoms with Crippen LogP contribution in [0, 0.1) is 24.0 Å². The molecule has 28 heavy (non-hydrogen) atoms. The van der Waals surface area contributed by atoms with E-state index in [9.17, 15) is 10.1 Å². The SMILES string of the molecule is Cc1ccc(Nc2nccc(-c3sc(NC(C)(C)C)nc3C)n2)cc1[N+](=O)[O-]. The molecule has 0 spiro atoms. The molecule has 2 heterocycles. The molecule has 0 amide bonds. The highest BCUT2D eigenvalue weighted by Crippen LogP contribution is 2.33. The van der Waals surface area contributed by atoms with E-state index in [4.69, 9.17) is 0 Å². The monoisotopic (exact) mass is 398 g/mol. The second kappa shape index (κ2) is 7.51. The molecule has 0 aliphatic heterocycles. The van der Waals surface area contributed by atoms with Crippen molar-refractivity contribution in [3.8, 4) is 10.6 Å². The van der Waals surface area contributed by atoms with Gasteiger partial charge >= 0.3 is 0 Å². The fourth-order valence-corrected chi connectivity index (χ4v) is 3.71. The van der Waals surface area contributed by atoms with Crippen molar-refractivity contribution in [3.05, 3.63) is 51.8 Å². The summed E-state index contributed by atoms with van der Waals surface area (Å²) in [6, 6.07) is 6.77. The number of hydrogen-bond donors (Lipinski definition) is 2. The van der Waals surface area contributed by atoms with Crippen molar-refractivity contribution in [3.63, 3.8) is 0 Å². The van der Waals surface area contributed by atoms with Gasteiger partial charge in [-0.15, -0.1) is 0 Å². The number of aryl methyl sites for hydroxylation is 2. The summed E-state index contributed by atoms with van der Waals surface area (Å²) in [7, 11) is 0. The first kappa shape index (κ1) is 19.7. The van der Waals surface area contributed by atoms with Crippen LogP contribution in [0.15, 0.2) is 30.5 Å². The van der Waals surface area contributed by atoms with E-state index in [0.717, 1.165) is 21.4 Å². The largest absolute Gasteiger partial charge is 0.357 e. The summed E-state index contributed by atoms with van der Waals surface area (Å²) in [6.07, 6.45) is 1.66. The average molecular weight is 398 g/mol. The molecule has 0 atom stereocenters. The van der Waals surface area contributed by atoms with Crippen LogP contribution in [0.2, 0.25) is 0 Å². The Morgan fingerprint density at radius 2 is 1.89 bits per heavy atom. The number of nitro groups is 1. The van der Waals surface area contributed by atoms with E-state index in [1.165, 1.54) is 17.4 Å². The van der Waals surface area contributed by atoms with Crippen LogP contribution < -0.4 is 10.6 Å². The summed E-state index contributed by atoms with van der Waals surface area (Å²) in [5.41, 5.74) is 2.76. The van der Waals surface area contributed by atoms with Crippen molar-refractivity contribution in [1.29, 1.82) is 0 Å². The standard InChI is InChI=1S/C19H22N6O2S/c1-11-6-7-13(10-15(11)25(26)27)22-17-20-9-8-14(23-17)16-12(2)21-18(28-16)24-19(3,4)5/h6-10H,1-5H3,(H,21,24)(H,20,22,23). The van der Waals surface area contributed by atoms with Gasteiger partial charge < -0.3 is 10.6 Å². The molecule has 0 saturated carbocycles. The molecule has 2 N–H and O–H groups in total. The van der Waals surface area contributed by atoms with Gasteiger partial charge in [0.15, 0.2) is 5.13 Å². The first-order valence-corrected chi connectivity index (χ1v) is 9.55. The quantitative estimate of drug-likeness (QED) is 0.456. The van der Waals surface area contributed by atoms with Gasteiger partial charge in [0.05, 0.1) is 21.2 Å². The molecule has 0 aliphatic carbocycles. The third-order valence-electron chi connectivity index (χ3n) is 3.83. The Morgan fingerprint density at radius 1 is 1.14 bits per heavy atom. The third-order valence-corrected chi connectivity index (χ3v) is 4.92. The van der Waals surface area contributed by atoms with Crippen LogP contribution in [0.1, 0.15) is 32.0 Å². The molecule has 0 radical (unpaired) electrons. The lowest BCUT2D eigenvalue weighted by molar-refractivity contribution is -0.385. The molecule has 2 aromatic heterocycles. The van der Waals surface area contributed by atoms with Crippen LogP contribution in [0.3, 0.4) is 0 Å². The maximum atomic E-state index is 11.1. The maximum absolute atomic E-state index is 11.1. The Kier molecular flexibility index (Phi) is 5.28. The topological polar surface area (TPSA) is 106 Å². The number of nitrogens with zero attached hydrogens (tertiary/aromatic N) is 4. The minimum Gasteiger partial charge on any atom is -0.357 e. The van der Waals surface area contributed by atoms with Crippen molar-refractivity contribution in [2.75, 3.05) is 10.6 Å². The van der Waals surface area contributed by atoms with Crippen LogP contribution in [-0.4, -0.2) is 25.4 Å². The van der Waals surface area contributed by atoms with Gasteiger partial charge in [-0.3, -0.25) is 10.1 Å². The molecule has 3 rings (SSSR count). The van der Waals surface area contributed by atoms with Gasteiger partial charge in [0, 0.05) is 29.1 Å². The number of aromatic nitrogens is 3. The minimum atomic E-state index is -0.401. The lowest BCUT2D eigenvalue weighted by Gasteiger charge is -2.19. The smallest absolute Gasteiger partial charge is 0.274 e. The lowest BCUT2D eigenvalue weighted by Crippen LogP contribution is -2.25. The molecule has 0 aliphatic rings. The van der Waals surface area contributed by atoms with Gasteiger partial charge in [0.2, 0.25) is 5.95 Å². The molecule has 0 saturated heterocycles. The molecule has 0 fully saturated rings. The van der Waals surface area contributed by atoms with Gasteiger partial charge in [-0.1, -0.05) is 17.4 Å². The van der Waals surface area contributed by atoms with Crippen LogP contribution in [0.5, 0.6) is 0 Å². The second-order valence-corrected chi connectivity index (χ2v) is 8.46. The van der Waals surface area contributed by atoms with Gasteiger partial charge in [-0.2, -0.15) is 0 Å². The average Bonchev–Trinajstić information content (AvgIpc) is 2.95. The van der Waals surface area contributed by atoms with Crippen molar-refractivity contribution in [2.45, 2.75) is 40.2 Å². The molecule has 0 bridgehead atoms. The Labute approximate surface area is 167 Å². The van der Waals surface area contributed by atoms with E-state index in [1.54, 1.807) is 25.3 Å². The number of nitro benzene ring substituents is 1. The predicted octanol–water partition coefficient (Wildman–Crippen LogP) is 5.08. The molecule has 9 heteroatoms. The number of rotatable bonds is 5. The zero-order valence-electron chi connectivity index (χ0n) is 16.4. The van der Waals surface area contributed by atoms with E-state index in [1.807, 2.05) is 13.0 Å². The summed E-state index contributed by atoms with van der Waals surface area (Å²) >= 11 is 1.53. The van der Waals surface area contributed by atoms with Gasteiger partial charge in [-0.05, 0) is 46.8 Å².